The number of hydrogen-bond donors (Lipinski definition) is 1. The van der Waals surface area contributed by atoms with Crippen molar-refractivity contribution in [3.8, 4) is 22.9 Å². The topological polar surface area (TPSA) is 71.3 Å². The van der Waals surface area contributed by atoms with Crippen molar-refractivity contribution in [3.63, 3.8) is 0 Å². The molecule has 5 rings (SSSR count). The van der Waals surface area contributed by atoms with Crippen LogP contribution in [-0.2, 0) is 7.05 Å². The van der Waals surface area contributed by atoms with Crippen LogP contribution in [0.4, 0.5) is 11.6 Å². The molecule has 4 aromatic rings. The maximum Gasteiger partial charge on any atom is 0.237 e. The Morgan fingerprint density at radius 1 is 1.00 bits per heavy atom. The Balaban J connectivity index is 1.41. The summed E-state index contributed by atoms with van der Waals surface area (Å²) in [5.41, 5.74) is 4.13. The van der Waals surface area contributed by atoms with Crippen LogP contribution in [0.1, 0.15) is 25.8 Å². The third-order valence-electron chi connectivity index (χ3n) is 6.71. The average Bonchev–Trinajstić information content (AvgIpc) is 3.38. The maximum atomic E-state index is 6.29. The van der Waals surface area contributed by atoms with E-state index in [-0.39, 0.29) is 0 Å². The lowest BCUT2D eigenvalue weighted by Gasteiger charge is -2.34. The van der Waals surface area contributed by atoms with E-state index in [0.29, 0.717) is 17.7 Å². The van der Waals surface area contributed by atoms with Crippen molar-refractivity contribution in [1.29, 1.82) is 0 Å². The smallest absolute Gasteiger partial charge is 0.237 e. The van der Waals surface area contributed by atoms with E-state index in [2.05, 4.69) is 88.0 Å². The molecule has 208 valence electrons. The highest BCUT2D eigenvalue weighted by Gasteiger charge is 2.15. The molecular weight excluding hydrogens is 518 g/mol. The molecule has 1 aliphatic rings. The normalized spacial score (nSPS) is 14.3. The highest BCUT2D eigenvalue weighted by Crippen LogP contribution is 2.31. The third kappa shape index (κ3) is 7.43. The number of aromatic nitrogens is 4. The highest BCUT2D eigenvalue weighted by molar-refractivity contribution is 8.00. The maximum absolute atomic E-state index is 6.29. The SMILES string of the molecule is CC(C)C/C=C\c1ccccc1-c1cc(Oc2ccc(N3CCN(C)CC3)cc2)nc(NSc2cnn(C)c2)n1. The first-order valence-corrected chi connectivity index (χ1v) is 14.5. The lowest BCUT2D eigenvalue weighted by molar-refractivity contribution is 0.313. The molecule has 2 aromatic heterocycles. The molecule has 0 saturated carbocycles. The standard InChI is InChI=1S/C31H37N7OS/c1-23(2)8-7-10-24-9-5-6-11-28(24)29-20-30(34-31(33-29)35-40-27-21-32-37(4)22-27)39-26-14-12-25(13-15-26)38-18-16-36(3)17-19-38/h5-7,9-15,20-23H,8,16-19H2,1-4H3,(H,33,34,35)/b10-7-. The minimum atomic E-state index is 0.469. The van der Waals surface area contributed by atoms with Crippen LogP contribution in [0.2, 0.25) is 0 Å². The molecule has 9 heteroatoms. The molecule has 1 aliphatic heterocycles. The Bertz CT molecular complexity index is 1430. The van der Waals surface area contributed by atoms with Crippen LogP contribution >= 0.6 is 11.9 Å². The molecule has 1 N–H and O–H groups in total. The number of anilines is 2. The van der Waals surface area contributed by atoms with Crippen LogP contribution in [0.5, 0.6) is 11.6 Å². The third-order valence-corrected chi connectivity index (χ3v) is 7.44. The van der Waals surface area contributed by atoms with E-state index >= 15 is 0 Å². The lowest BCUT2D eigenvalue weighted by atomic mass is 10.0. The van der Waals surface area contributed by atoms with E-state index in [1.54, 1.807) is 10.9 Å². The van der Waals surface area contributed by atoms with Crippen molar-refractivity contribution in [3.05, 3.63) is 78.6 Å². The quantitative estimate of drug-likeness (QED) is 0.220. The number of piperazine rings is 1. The van der Waals surface area contributed by atoms with Gasteiger partial charge in [0.05, 0.1) is 16.8 Å². The minimum Gasteiger partial charge on any atom is -0.439 e. The molecule has 0 spiro atoms. The Hall–Kier alpha value is -3.82. The second-order valence-corrected chi connectivity index (χ2v) is 11.4. The van der Waals surface area contributed by atoms with E-state index < -0.39 is 0 Å². The summed E-state index contributed by atoms with van der Waals surface area (Å²) in [6, 6.07) is 18.5. The first kappa shape index (κ1) is 27.7. The van der Waals surface area contributed by atoms with Crippen molar-refractivity contribution in [1.82, 2.24) is 24.6 Å². The molecule has 0 amide bonds. The monoisotopic (exact) mass is 555 g/mol. The van der Waals surface area contributed by atoms with E-state index in [1.165, 1.54) is 17.6 Å². The van der Waals surface area contributed by atoms with Crippen LogP contribution < -0.4 is 14.4 Å². The van der Waals surface area contributed by atoms with Gasteiger partial charge in [-0.05, 0) is 61.2 Å². The molecule has 0 unspecified atom stereocenters. The van der Waals surface area contributed by atoms with Crippen LogP contribution in [0, 0.1) is 5.92 Å². The number of benzene rings is 2. The number of rotatable bonds is 10. The highest BCUT2D eigenvalue weighted by atomic mass is 32.2. The molecule has 0 bridgehead atoms. The van der Waals surface area contributed by atoms with Crippen molar-refractivity contribution in [2.24, 2.45) is 13.0 Å². The van der Waals surface area contributed by atoms with Gasteiger partial charge in [-0.2, -0.15) is 10.1 Å². The average molecular weight is 556 g/mol. The molecule has 1 fully saturated rings. The van der Waals surface area contributed by atoms with Gasteiger partial charge in [0.15, 0.2) is 0 Å². The molecule has 2 aromatic carbocycles. The van der Waals surface area contributed by atoms with Gasteiger partial charge in [-0.25, -0.2) is 4.98 Å². The van der Waals surface area contributed by atoms with Crippen LogP contribution in [-0.4, -0.2) is 57.9 Å². The summed E-state index contributed by atoms with van der Waals surface area (Å²) >= 11 is 1.42. The first-order valence-electron chi connectivity index (χ1n) is 13.7. The number of nitrogens with one attached hydrogen (secondary N) is 1. The molecule has 1 saturated heterocycles. The second-order valence-electron chi connectivity index (χ2n) is 10.5. The lowest BCUT2D eigenvalue weighted by Crippen LogP contribution is -2.44. The van der Waals surface area contributed by atoms with Gasteiger partial charge < -0.3 is 14.5 Å². The first-order chi connectivity index (χ1) is 19.4. The predicted molar refractivity (Wildman–Crippen MR) is 165 cm³/mol. The summed E-state index contributed by atoms with van der Waals surface area (Å²) in [4.78, 5) is 15.3. The summed E-state index contributed by atoms with van der Waals surface area (Å²) in [7, 11) is 4.06. The molecule has 40 heavy (non-hydrogen) atoms. The van der Waals surface area contributed by atoms with E-state index in [9.17, 15) is 0 Å². The van der Waals surface area contributed by atoms with Gasteiger partial charge in [-0.15, -0.1) is 0 Å². The molecule has 8 nitrogen and oxygen atoms in total. The number of nitrogens with zero attached hydrogens (tertiary/aromatic N) is 6. The van der Waals surface area contributed by atoms with Crippen molar-refractivity contribution < 1.29 is 4.74 Å². The molecule has 0 atom stereocenters. The van der Waals surface area contributed by atoms with Gasteiger partial charge in [-0.3, -0.25) is 9.40 Å². The summed E-state index contributed by atoms with van der Waals surface area (Å²) in [6.07, 6.45) is 9.16. The second kappa shape index (κ2) is 13.0. The van der Waals surface area contributed by atoms with Gasteiger partial charge in [0, 0.05) is 56.7 Å². The largest absolute Gasteiger partial charge is 0.439 e. The number of aryl methyl sites for hydroxylation is 1. The molecule has 0 aliphatic carbocycles. The fourth-order valence-corrected chi connectivity index (χ4v) is 5.08. The molecule has 0 radical (unpaired) electrons. The summed E-state index contributed by atoms with van der Waals surface area (Å²) in [5.74, 6) is 2.29. The summed E-state index contributed by atoms with van der Waals surface area (Å²) < 4.78 is 11.3. The predicted octanol–water partition coefficient (Wildman–Crippen LogP) is 6.60. The Morgan fingerprint density at radius 2 is 1.77 bits per heavy atom. The van der Waals surface area contributed by atoms with Gasteiger partial charge in [0.1, 0.15) is 5.75 Å². The minimum absolute atomic E-state index is 0.469. The number of ether oxygens (including phenoxy) is 1. The zero-order chi connectivity index (χ0) is 27.9. The number of allylic oxidation sites excluding steroid dienone is 1. The van der Waals surface area contributed by atoms with E-state index in [4.69, 9.17) is 9.72 Å². The van der Waals surface area contributed by atoms with Gasteiger partial charge >= 0.3 is 0 Å². The van der Waals surface area contributed by atoms with Gasteiger partial charge in [-0.1, -0.05) is 50.3 Å². The Morgan fingerprint density at radius 3 is 2.50 bits per heavy atom. The van der Waals surface area contributed by atoms with Crippen LogP contribution in [0.25, 0.3) is 17.3 Å². The number of hydrogen-bond acceptors (Lipinski definition) is 8. The van der Waals surface area contributed by atoms with Crippen molar-refractivity contribution in [2.75, 3.05) is 42.8 Å². The van der Waals surface area contributed by atoms with Crippen LogP contribution in [0.15, 0.2) is 78.0 Å². The van der Waals surface area contributed by atoms with Crippen molar-refractivity contribution in [2.45, 2.75) is 25.2 Å². The molecular formula is C31H37N7OS. The summed E-state index contributed by atoms with van der Waals surface area (Å²) in [5, 5.41) is 4.24. The molecule has 3 heterocycles. The van der Waals surface area contributed by atoms with E-state index in [1.807, 2.05) is 37.5 Å². The Labute approximate surface area is 241 Å². The van der Waals surface area contributed by atoms with E-state index in [0.717, 1.165) is 60.1 Å². The number of likely N-dealkylation sites (N-methyl/N-ethyl adjacent to an activating group) is 1. The Kier molecular flexibility index (Phi) is 9.03. The van der Waals surface area contributed by atoms with Crippen molar-refractivity contribution >= 4 is 29.7 Å². The zero-order valence-electron chi connectivity index (χ0n) is 23.6. The summed E-state index contributed by atoms with van der Waals surface area (Å²) in [6.45, 7) is 8.65. The van der Waals surface area contributed by atoms with Gasteiger partial charge in [0.2, 0.25) is 11.8 Å². The van der Waals surface area contributed by atoms with Crippen LogP contribution in [0.3, 0.4) is 0 Å². The zero-order valence-corrected chi connectivity index (χ0v) is 24.4. The van der Waals surface area contributed by atoms with Gasteiger partial charge in [0.25, 0.3) is 0 Å². The fraction of sp³-hybridized carbons (Fsp3) is 0.323. The fourth-order valence-electron chi connectivity index (χ4n) is 4.47.